The highest BCUT2D eigenvalue weighted by atomic mass is 16.5. The van der Waals surface area contributed by atoms with Gasteiger partial charge in [-0.3, -0.25) is 4.79 Å². The SMILES string of the molecule is COc1ccc(C(=O)N2CCCC[C@@H]2C)c(OC)c1. The standard InChI is InChI=1S/C15H21NO3/c1-11-6-4-5-9-16(11)15(17)13-8-7-12(18-2)10-14(13)19-3/h7-8,10-11H,4-6,9H2,1-3H3/t11-/m0/s1. The summed E-state index contributed by atoms with van der Waals surface area (Å²) >= 11 is 0. The topological polar surface area (TPSA) is 38.8 Å². The second-order valence-electron chi connectivity index (χ2n) is 4.91. The van der Waals surface area contributed by atoms with Crippen molar-refractivity contribution in [1.82, 2.24) is 4.90 Å². The number of ether oxygens (including phenoxy) is 2. The van der Waals surface area contributed by atoms with Gasteiger partial charge in [0.1, 0.15) is 11.5 Å². The molecule has 0 unspecified atom stereocenters. The van der Waals surface area contributed by atoms with Crippen LogP contribution in [0.5, 0.6) is 11.5 Å². The first-order valence-electron chi connectivity index (χ1n) is 6.70. The van der Waals surface area contributed by atoms with Crippen molar-refractivity contribution in [3.63, 3.8) is 0 Å². The van der Waals surface area contributed by atoms with Crippen LogP contribution in [0.2, 0.25) is 0 Å². The number of carbonyl (C=O) groups is 1. The molecule has 1 aliphatic heterocycles. The molecule has 1 atom stereocenters. The van der Waals surface area contributed by atoms with E-state index in [1.807, 2.05) is 4.90 Å². The van der Waals surface area contributed by atoms with Crippen molar-refractivity contribution in [3.05, 3.63) is 23.8 Å². The first-order valence-corrected chi connectivity index (χ1v) is 6.70. The van der Waals surface area contributed by atoms with E-state index in [0.717, 1.165) is 19.4 Å². The van der Waals surface area contributed by atoms with Crippen LogP contribution in [0.4, 0.5) is 0 Å². The van der Waals surface area contributed by atoms with Crippen molar-refractivity contribution in [2.45, 2.75) is 32.2 Å². The molecule has 2 rings (SSSR count). The van der Waals surface area contributed by atoms with Gasteiger partial charge < -0.3 is 14.4 Å². The molecule has 1 saturated heterocycles. The molecule has 1 aromatic carbocycles. The van der Waals surface area contributed by atoms with Crippen LogP contribution in [0.15, 0.2) is 18.2 Å². The molecule has 1 aliphatic rings. The van der Waals surface area contributed by atoms with E-state index in [1.165, 1.54) is 6.42 Å². The molecular weight excluding hydrogens is 242 g/mol. The quantitative estimate of drug-likeness (QED) is 0.841. The Morgan fingerprint density at radius 2 is 2.05 bits per heavy atom. The number of rotatable bonds is 3. The van der Waals surface area contributed by atoms with Crippen LogP contribution < -0.4 is 9.47 Å². The molecule has 1 amide bonds. The van der Waals surface area contributed by atoms with Crippen molar-refractivity contribution in [3.8, 4) is 11.5 Å². The number of nitrogens with zero attached hydrogens (tertiary/aromatic N) is 1. The van der Waals surface area contributed by atoms with Crippen LogP contribution >= 0.6 is 0 Å². The van der Waals surface area contributed by atoms with Crippen LogP contribution in [0.1, 0.15) is 36.5 Å². The van der Waals surface area contributed by atoms with Crippen LogP contribution in [0.3, 0.4) is 0 Å². The summed E-state index contributed by atoms with van der Waals surface area (Å²) in [4.78, 5) is 14.5. The predicted molar refractivity (Wildman–Crippen MR) is 73.9 cm³/mol. The van der Waals surface area contributed by atoms with E-state index in [9.17, 15) is 4.79 Å². The van der Waals surface area contributed by atoms with Gasteiger partial charge in [-0.25, -0.2) is 0 Å². The minimum Gasteiger partial charge on any atom is -0.497 e. The highest BCUT2D eigenvalue weighted by molar-refractivity contribution is 5.97. The van der Waals surface area contributed by atoms with E-state index in [-0.39, 0.29) is 5.91 Å². The third kappa shape index (κ3) is 2.83. The molecule has 19 heavy (non-hydrogen) atoms. The molecule has 1 fully saturated rings. The van der Waals surface area contributed by atoms with E-state index in [2.05, 4.69) is 6.92 Å². The lowest BCUT2D eigenvalue weighted by Crippen LogP contribution is -2.42. The van der Waals surface area contributed by atoms with E-state index >= 15 is 0 Å². The van der Waals surface area contributed by atoms with Crippen molar-refractivity contribution < 1.29 is 14.3 Å². The number of carbonyl (C=O) groups excluding carboxylic acids is 1. The molecule has 0 spiro atoms. The third-order valence-electron chi connectivity index (χ3n) is 3.70. The summed E-state index contributed by atoms with van der Waals surface area (Å²) in [5, 5.41) is 0. The number of methoxy groups -OCH3 is 2. The highest BCUT2D eigenvalue weighted by Gasteiger charge is 2.26. The van der Waals surface area contributed by atoms with Gasteiger partial charge in [0.15, 0.2) is 0 Å². The minimum absolute atomic E-state index is 0.0479. The second kappa shape index (κ2) is 5.95. The van der Waals surface area contributed by atoms with Gasteiger partial charge in [0.2, 0.25) is 0 Å². The van der Waals surface area contributed by atoms with E-state index < -0.39 is 0 Å². The Labute approximate surface area is 114 Å². The van der Waals surface area contributed by atoms with Crippen molar-refractivity contribution >= 4 is 5.91 Å². The Hall–Kier alpha value is -1.71. The molecule has 104 valence electrons. The average molecular weight is 263 g/mol. The fourth-order valence-corrected chi connectivity index (χ4v) is 2.53. The molecule has 1 heterocycles. The van der Waals surface area contributed by atoms with Gasteiger partial charge in [-0.1, -0.05) is 0 Å². The lowest BCUT2D eigenvalue weighted by atomic mass is 10.0. The van der Waals surface area contributed by atoms with E-state index in [4.69, 9.17) is 9.47 Å². The van der Waals surface area contributed by atoms with Gasteiger partial charge in [0.05, 0.1) is 19.8 Å². The maximum Gasteiger partial charge on any atom is 0.257 e. The molecular formula is C15H21NO3. The van der Waals surface area contributed by atoms with Crippen LogP contribution in [-0.4, -0.2) is 37.6 Å². The summed E-state index contributed by atoms with van der Waals surface area (Å²) in [6.45, 7) is 2.93. The Balaban J connectivity index is 2.27. The maximum atomic E-state index is 12.6. The normalized spacial score (nSPS) is 19.1. The molecule has 4 heteroatoms. The molecule has 0 aromatic heterocycles. The molecule has 0 bridgehead atoms. The van der Waals surface area contributed by atoms with Crippen LogP contribution in [0, 0.1) is 0 Å². The molecule has 1 aromatic rings. The maximum absolute atomic E-state index is 12.6. The summed E-state index contributed by atoms with van der Waals surface area (Å²) < 4.78 is 10.5. The van der Waals surface area contributed by atoms with Gasteiger partial charge >= 0.3 is 0 Å². The monoisotopic (exact) mass is 263 g/mol. The Kier molecular flexibility index (Phi) is 4.30. The summed E-state index contributed by atoms with van der Waals surface area (Å²) in [6.07, 6.45) is 3.35. The molecule has 0 radical (unpaired) electrons. The lowest BCUT2D eigenvalue weighted by molar-refractivity contribution is 0.0632. The average Bonchev–Trinajstić information content (AvgIpc) is 2.46. The minimum atomic E-state index is 0.0479. The zero-order chi connectivity index (χ0) is 13.8. The second-order valence-corrected chi connectivity index (χ2v) is 4.91. The third-order valence-corrected chi connectivity index (χ3v) is 3.70. The lowest BCUT2D eigenvalue weighted by Gasteiger charge is -2.33. The van der Waals surface area contributed by atoms with Gasteiger partial charge in [-0.2, -0.15) is 0 Å². The van der Waals surface area contributed by atoms with Gasteiger partial charge in [-0.15, -0.1) is 0 Å². The summed E-state index contributed by atoms with van der Waals surface area (Å²) in [5.74, 6) is 1.31. The largest absolute Gasteiger partial charge is 0.497 e. The molecule has 0 N–H and O–H groups in total. The number of likely N-dealkylation sites (tertiary alicyclic amines) is 1. The van der Waals surface area contributed by atoms with Crippen molar-refractivity contribution in [2.24, 2.45) is 0 Å². The van der Waals surface area contributed by atoms with Crippen LogP contribution in [-0.2, 0) is 0 Å². The first kappa shape index (κ1) is 13.7. The fourth-order valence-electron chi connectivity index (χ4n) is 2.53. The van der Waals surface area contributed by atoms with Crippen molar-refractivity contribution in [1.29, 1.82) is 0 Å². The van der Waals surface area contributed by atoms with Crippen LogP contribution in [0.25, 0.3) is 0 Å². The Morgan fingerprint density at radius 3 is 2.68 bits per heavy atom. The molecule has 4 nitrogen and oxygen atoms in total. The number of hydrogen-bond donors (Lipinski definition) is 0. The first-order chi connectivity index (χ1) is 9.17. The van der Waals surface area contributed by atoms with Crippen molar-refractivity contribution in [2.75, 3.05) is 20.8 Å². The number of hydrogen-bond acceptors (Lipinski definition) is 3. The summed E-state index contributed by atoms with van der Waals surface area (Å²) in [6, 6.07) is 5.63. The predicted octanol–water partition coefficient (Wildman–Crippen LogP) is 2.72. The number of benzene rings is 1. The molecule has 0 saturated carbocycles. The fraction of sp³-hybridized carbons (Fsp3) is 0.533. The van der Waals surface area contributed by atoms with E-state index in [0.29, 0.717) is 23.1 Å². The summed E-state index contributed by atoms with van der Waals surface area (Å²) in [5.41, 5.74) is 0.608. The van der Waals surface area contributed by atoms with E-state index in [1.54, 1.807) is 32.4 Å². The zero-order valence-electron chi connectivity index (χ0n) is 11.8. The number of amides is 1. The van der Waals surface area contributed by atoms with Gasteiger partial charge in [0, 0.05) is 18.7 Å². The number of piperidine rings is 1. The Morgan fingerprint density at radius 1 is 1.26 bits per heavy atom. The Bertz CT molecular complexity index is 459. The van der Waals surface area contributed by atoms with Gasteiger partial charge in [-0.05, 0) is 38.3 Å². The zero-order valence-corrected chi connectivity index (χ0v) is 11.8. The smallest absolute Gasteiger partial charge is 0.257 e. The summed E-state index contributed by atoms with van der Waals surface area (Å²) in [7, 11) is 3.17. The molecule has 0 aliphatic carbocycles. The highest BCUT2D eigenvalue weighted by Crippen LogP contribution is 2.28. The van der Waals surface area contributed by atoms with Gasteiger partial charge in [0.25, 0.3) is 5.91 Å².